The zero-order valence-corrected chi connectivity index (χ0v) is 19.1. The van der Waals surface area contributed by atoms with Crippen LogP contribution < -0.4 is 5.32 Å². The first kappa shape index (κ1) is 22.7. The van der Waals surface area contributed by atoms with E-state index in [1.165, 1.54) is 17.5 Å². The van der Waals surface area contributed by atoms with Crippen LogP contribution in [0.5, 0.6) is 0 Å². The van der Waals surface area contributed by atoms with E-state index in [-0.39, 0.29) is 6.10 Å². The van der Waals surface area contributed by atoms with Crippen LogP contribution in [0.2, 0.25) is 0 Å². The topological polar surface area (TPSA) is 74.7 Å². The predicted molar refractivity (Wildman–Crippen MR) is 126 cm³/mol. The first-order chi connectivity index (χ1) is 15.6. The monoisotopic (exact) mass is 437 g/mol. The normalized spacial score (nSPS) is 19.3. The number of hydrogen-bond acceptors (Lipinski definition) is 5. The van der Waals surface area contributed by atoms with E-state index in [0.29, 0.717) is 13.2 Å². The number of ether oxygens (including phenoxy) is 1. The molecule has 32 heavy (non-hydrogen) atoms. The number of fused-ring (bicyclic) bond motifs is 1. The lowest BCUT2D eigenvalue weighted by atomic mass is 10.0. The fourth-order valence-corrected chi connectivity index (χ4v) is 4.78. The maximum absolute atomic E-state index is 12.0. The van der Waals surface area contributed by atoms with E-state index >= 15 is 0 Å². The third-order valence-electron chi connectivity index (χ3n) is 6.58. The summed E-state index contributed by atoms with van der Waals surface area (Å²) in [5, 5.41) is 13.3. The van der Waals surface area contributed by atoms with E-state index in [0.717, 1.165) is 68.7 Å². The maximum Gasteiger partial charge on any atom is 0.325 e. The minimum atomic E-state index is -0.786. The van der Waals surface area contributed by atoms with Crippen LogP contribution in [0.25, 0.3) is 0 Å². The molecule has 2 aromatic rings. The van der Waals surface area contributed by atoms with Crippen LogP contribution in [0, 0.1) is 0 Å². The summed E-state index contributed by atoms with van der Waals surface area (Å²) in [6.45, 7) is 5.25. The Bertz CT molecular complexity index is 917. The molecule has 2 N–H and O–H groups in total. The molecule has 0 amide bonds. The summed E-state index contributed by atoms with van der Waals surface area (Å²) < 4.78 is 6.11. The number of pyridine rings is 1. The van der Waals surface area contributed by atoms with Gasteiger partial charge in [-0.2, -0.15) is 0 Å². The van der Waals surface area contributed by atoms with Crippen LogP contribution in [0.3, 0.4) is 0 Å². The highest BCUT2D eigenvalue weighted by Gasteiger charge is 2.34. The average molecular weight is 438 g/mol. The van der Waals surface area contributed by atoms with Gasteiger partial charge in [-0.1, -0.05) is 37.3 Å². The minimum Gasteiger partial charge on any atom is -0.480 e. The largest absolute Gasteiger partial charge is 0.480 e. The van der Waals surface area contributed by atoms with Gasteiger partial charge in [0.25, 0.3) is 0 Å². The average Bonchev–Trinajstić information content (AvgIpc) is 3.27. The van der Waals surface area contributed by atoms with Gasteiger partial charge in [0, 0.05) is 31.9 Å². The number of nitrogens with zero attached hydrogens (tertiary/aromatic N) is 2. The molecule has 0 saturated carbocycles. The zero-order chi connectivity index (χ0) is 22.3. The Morgan fingerprint density at radius 1 is 1.31 bits per heavy atom. The molecule has 6 nitrogen and oxygen atoms in total. The van der Waals surface area contributed by atoms with Crippen molar-refractivity contribution in [2.75, 3.05) is 31.6 Å². The van der Waals surface area contributed by atoms with Crippen LogP contribution in [0.15, 0.2) is 36.4 Å². The number of nitrogens with one attached hydrogen (secondary N) is 1. The molecule has 0 bridgehead atoms. The fourth-order valence-electron chi connectivity index (χ4n) is 4.78. The van der Waals surface area contributed by atoms with Crippen molar-refractivity contribution in [2.45, 2.75) is 64.0 Å². The number of carboxylic acid groups (broad SMARTS) is 1. The highest BCUT2D eigenvalue weighted by Crippen LogP contribution is 2.27. The Kier molecular flexibility index (Phi) is 7.76. The molecule has 2 atom stereocenters. The second kappa shape index (κ2) is 10.9. The molecule has 0 radical (unpaired) electrons. The number of aliphatic carboxylic acids is 1. The highest BCUT2D eigenvalue weighted by molar-refractivity contribution is 5.75. The summed E-state index contributed by atoms with van der Waals surface area (Å²) in [7, 11) is 0. The molecule has 0 spiro atoms. The Hall–Kier alpha value is -2.44. The lowest BCUT2D eigenvalue weighted by Crippen LogP contribution is -2.33. The first-order valence-corrected chi connectivity index (χ1v) is 12.0. The van der Waals surface area contributed by atoms with E-state index < -0.39 is 12.0 Å². The smallest absolute Gasteiger partial charge is 0.325 e. The molecule has 3 heterocycles. The molecule has 1 aromatic heterocycles. The molecular formula is C26H35N3O3. The Morgan fingerprint density at radius 3 is 3.06 bits per heavy atom. The maximum atomic E-state index is 12.0. The quantitative estimate of drug-likeness (QED) is 0.542. The Morgan fingerprint density at radius 2 is 2.22 bits per heavy atom. The van der Waals surface area contributed by atoms with Gasteiger partial charge in [0.2, 0.25) is 0 Å². The number of unbranched alkanes of at least 4 members (excludes halogenated alkanes) is 1. The number of anilines is 1. The van der Waals surface area contributed by atoms with Crippen molar-refractivity contribution in [2.24, 2.45) is 0 Å². The van der Waals surface area contributed by atoms with E-state index in [9.17, 15) is 9.90 Å². The fraction of sp³-hybridized carbons (Fsp3) is 0.538. The van der Waals surface area contributed by atoms with E-state index in [1.54, 1.807) is 0 Å². The van der Waals surface area contributed by atoms with Crippen LogP contribution in [0.1, 0.15) is 61.0 Å². The summed E-state index contributed by atoms with van der Waals surface area (Å²) in [5.41, 5.74) is 4.51. The van der Waals surface area contributed by atoms with Crippen molar-refractivity contribution in [1.82, 2.24) is 9.88 Å². The highest BCUT2D eigenvalue weighted by atomic mass is 16.5. The zero-order valence-electron chi connectivity index (χ0n) is 19.1. The third-order valence-corrected chi connectivity index (χ3v) is 6.58. The van der Waals surface area contributed by atoms with Crippen molar-refractivity contribution >= 4 is 11.8 Å². The van der Waals surface area contributed by atoms with Gasteiger partial charge in [0.1, 0.15) is 11.9 Å². The van der Waals surface area contributed by atoms with E-state index in [4.69, 9.17) is 9.72 Å². The van der Waals surface area contributed by atoms with Crippen LogP contribution in [0.4, 0.5) is 5.82 Å². The molecule has 1 saturated heterocycles. The van der Waals surface area contributed by atoms with Crippen LogP contribution in [-0.2, 0) is 28.8 Å². The summed E-state index contributed by atoms with van der Waals surface area (Å²) in [6.07, 6.45) is 7.20. The predicted octanol–water partition coefficient (Wildman–Crippen LogP) is 4.24. The number of benzene rings is 1. The van der Waals surface area contributed by atoms with Gasteiger partial charge < -0.3 is 15.2 Å². The number of hydrogen-bond donors (Lipinski definition) is 2. The van der Waals surface area contributed by atoms with Crippen LogP contribution >= 0.6 is 0 Å². The molecule has 172 valence electrons. The molecule has 0 aliphatic carbocycles. The molecule has 6 heteroatoms. The number of likely N-dealkylation sites (tertiary alicyclic amines) is 1. The van der Waals surface area contributed by atoms with Gasteiger partial charge in [0.05, 0.1) is 6.10 Å². The van der Waals surface area contributed by atoms with Crippen molar-refractivity contribution < 1.29 is 14.6 Å². The van der Waals surface area contributed by atoms with Gasteiger partial charge in [-0.05, 0) is 67.7 Å². The van der Waals surface area contributed by atoms with Gasteiger partial charge in [-0.15, -0.1) is 0 Å². The molecule has 2 aliphatic rings. The SMILES string of the molecule is CCc1cccc(C(C(=O)O)N2CC[C@@H](OCCCCc3ccc4c(n3)NCCC4)C2)c1. The Balaban J connectivity index is 1.21. The van der Waals surface area contributed by atoms with E-state index in [2.05, 4.69) is 30.4 Å². The summed E-state index contributed by atoms with van der Waals surface area (Å²) >= 11 is 0. The Labute approximate surface area is 191 Å². The minimum absolute atomic E-state index is 0.109. The second-order valence-corrected chi connectivity index (χ2v) is 8.91. The number of rotatable bonds is 10. The third kappa shape index (κ3) is 5.67. The van der Waals surface area contributed by atoms with Crippen molar-refractivity contribution in [3.63, 3.8) is 0 Å². The number of carboxylic acids is 1. The van der Waals surface area contributed by atoms with Gasteiger partial charge in [0.15, 0.2) is 0 Å². The van der Waals surface area contributed by atoms with Gasteiger partial charge in [-0.3, -0.25) is 9.69 Å². The molecule has 1 fully saturated rings. The first-order valence-electron chi connectivity index (χ1n) is 12.0. The number of aromatic nitrogens is 1. The van der Waals surface area contributed by atoms with Gasteiger partial charge >= 0.3 is 5.97 Å². The van der Waals surface area contributed by atoms with Crippen molar-refractivity contribution in [3.8, 4) is 0 Å². The molecule has 1 aromatic carbocycles. The summed E-state index contributed by atoms with van der Waals surface area (Å²) in [6, 6.07) is 11.7. The van der Waals surface area contributed by atoms with Crippen molar-refractivity contribution in [3.05, 3.63) is 58.8 Å². The lowest BCUT2D eigenvalue weighted by molar-refractivity contribution is -0.143. The lowest BCUT2D eigenvalue weighted by Gasteiger charge is -2.25. The van der Waals surface area contributed by atoms with Crippen molar-refractivity contribution in [1.29, 1.82) is 0 Å². The second-order valence-electron chi connectivity index (χ2n) is 8.91. The molecule has 4 rings (SSSR count). The summed E-state index contributed by atoms with van der Waals surface area (Å²) in [4.78, 5) is 18.8. The standard InChI is InChI=1S/C26H35N3O3/c1-2-19-7-5-8-21(17-19)24(26(30)31)29-15-13-23(18-29)32-16-4-3-10-22-12-11-20-9-6-14-27-25(20)28-22/h5,7-8,11-12,17,23-24H,2-4,6,9-10,13-16,18H2,1H3,(H,27,28)(H,30,31)/t23-,24?/m1/s1. The van der Waals surface area contributed by atoms with Gasteiger partial charge in [-0.25, -0.2) is 4.98 Å². The molecule has 2 aliphatic heterocycles. The van der Waals surface area contributed by atoms with E-state index in [1.807, 2.05) is 23.1 Å². The van der Waals surface area contributed by atoms with Crippen LogP contribution in [-0.4, -0.2) is 53.3 Å². The summed E-state index contributed by atoms with van der Waals surface area (Å²) in [5.74, 6) is 0.277. The number of carbonyl (C=O) groups is 1. The number of aryl methyl sites for hydroxylation is 3. The molecule has 1 unspecified atom stereocenters. The molecular weight excluding hydrogens is 402 g/mol.